The van der Waals surface area contributed by atoms with E-state index in [1.165, 1.54) is 6.07 Å². The van der Waals surface area contributed by atoms with E-state index in [2.05, 4.69) is 10.4 Å². The molecule has 1 saturated heterocycles. The summed E-state index contributed by atoms with van der Waals surface area (Å²) in [5.74, 6) is -0.0694. The third-order valence-electron chi connectivity index (χ3n) is 3.97. The minimum Gasteiger partial charge on any atom is -0.491 e. The summed E-state index contributed by atoms with van der Waals surface area (Å²) in [5, 5.41) is 7.04. The molecular weight excluding hydrogens is 351 g/mol. The van der Waals surface area contributed by atoms with Crippen molar-refractivity contribution in [1.82, 2.24) is 9.78 Å². The first-order valence-electron chi connectivity index (χ1n) is 8.35. The van der Waals surface area contributed by atoms with Crippen LogP contribution >= 0.6 is 0 Å². The highest BCUT2D eigenvalue weighted by Crippen LogP contribution is 2.30. The molecule has 0 bridgehead atoms. The molecule has 9 heteroatoms. The molecule has 2 aromatic rings. The Morgan fingerprint density at radius 2 is 2.23 bits per heavy atom. The van der Waals surface area contributed by atoms with Gasteiger partial charge in [-0.15, -0.1) is 0 Å². The van der Waals surface area contributed by atoms with Gasteiger partial charge in [-0.1, -0.05) is 0 Å². The quantitative estimate of drug-likeness (QED) is 0.875. The second kappa shape index (κ2) is 7.14. The van der Waals surface area contributed by atoms with Gasteiger partial charge in [0.25, 0.3) is 0 Å². The van der Waals surface area contributed by atoms with Crippen molar-refractivity contribution in [2.24, 2.45) is 5.92 Å². The van der Waals surface area contributed by atoms with Gasteiger partial charge in [-0.05, 0) is 32.4 Å². The molecule has 1 aliphatic rings. The lowest BCUT2D eigenvalue weighted by Gasteiger charge is -2.11. The Morgan fingerprint density at radius 3 is 2.85 bits per heavy atom. The van der Waals surface area contributed by atoms with Crippen LogP contribution in [0, 0.1) is 5.92 Å². The summed E-state index contributed by atoms with van der Waals surface area (Å²) in [4.78, 5) is 12.3. The average molecular weight is 371 g/mol. The van der Waals surface area contributed by atoms with Crippen molar-refractivity contribution >= 4 is 22.6 Å². The second-order valence-electron chi connectivity index (χ2n) is 6.52. The van der Waals surface area contributed by atoms with E-state index in [9.17, 15) is 18.0 Å². The third-order valence-corrected chi connectivity index (χ3v) is 3.97. The molecule has 0 saturated carbocycles. The predicted molar refractivity (Wildman–Crippen MR) is 89.1 cm³/mol. The van der Waals surface area contributed by atoms with E-state index in [0.29, 0.717) is 30.8 Å². The van der Waals surface area contributed by atoms with Crippen LogP contribution in [0.4, 0.5) is 19.0 Å². The zero-order valence-electron chi connectivity index (χ0n) is 14.5. The minimum absolute atomic E-state index is 0.109. The van der Waals surface area contributed by atoms with E-state index in [1.54, 1.807) is 12.1 Å². The summed E-state index contributed by atoms with van der Waals surface area (Å²) in [6.07, 6.45) is -3.97. The summed E-state index contributed by atoms with van der Waals surface area (Å²) in [6.45, 7) is 3.20. The van der Waals surface area contributed by atoms with Crippen molar-refractivity contribution in [1.29, 1.82) is 0 Å². The molecule has 0 unspecified atom stereocenters. The third kappa shape index (κ3) is 4.27. The van der Waals surface area contributed by atoms with Gasteiger partial charge in [0, 0.05) is 18.1 Å². The molecule has 2 heterocycles. The second-order valence-corrected chi connectivity index (χ2v) is 6.52. The molecule has 6 nitrogen and oxygen atoms in total. The van der Waals surface area contributed by atoms with E-state index in [0.717, 1.165) is 4.68 Å². The fourth-order valence-electron chi connectivity index (χ4n) is 2.84. The topological polar surface area (TPSA) is 65.4 Å². The van der Waals surface area contributed by atoms with Crippen LogP contribution in [0.2, 0.25) is 0 Å². The first kappa shape index (κ1) is 18.5. The van der Waals surface area contributed by atoms with E-state index in [4.69, 9.17) is 9.47 Å². The highest BCUT2D eigenvalue weighted by Gasteiger charge is 2.31. The van der Waals surface area contributed by atoms with Crippen molar-refractivity contribution < 1.29 is 27.4 Å². The summed E-state index contributed by atoms with van der Waals surface area (Å²) >= 11 is 0. The van der Waals surface area contributed by atoms with Gasteiger partial charge in [-0.3, -0.25) is 9.48 Å². The number of alkyl halides is 3. The summed E-state index contributed by atoms with van der Waals surface area (Å²) < 4.78 is 50.3. The summed E-state index contributed by atoms with van der Waals surface area (Å²) in [7, 11) is 0. The fourth-order valence-corrected chi connectivity index (χ4v) is 2.84. The lowest BCUT2D eigenvalue weighted by atomic mass is 10.1. The van der Waals surface area contributed by atoms with Crippen molar-refractivity contribution in [3.63, 3.8) is 0 Å². The molecule has 26 heavy (non-hydrogen) atoms. The number of nitrogens with one attached hydrogen (secondary N) is 1. The first-order valence-corrected chi connectivity index (χ1v) is 8.35. The van der Waals surface area contributed by atoms with Crippen LogP contribution in [0.1, 0.15) is 20.3 Å². The molecule has 0 spiro atoms. The monoisotopic (exact) mass is 371 g/mol. The molecule has 0 radical (unpaired) electrons. The zero-order chi connectivity index (χ0) is 18.9. The Morgan fingerprint density at radius 1 is 1.46 bits per heavy atom. The number of hydrogen-bond acceptors (Lipinski definition) is 4. The number of hydrogen-bond donors (Lipinski definition) is 1. The number of ether oxygens (including phenoxy) is 2. The van der Waals surface area contributed by atoms with Gasteiger partial charge in [0.05, 0.1) is 24.1 Å². The van der Waals surface area contributed by atoms with Gasteiger partial charge in [0.15, 0.2) is 5.82 Å². The number of fused-ring (bicyclic) bond motifs is 1. The van der Waals surface area contributed by atoms with E-state index < -0.39 is 12.7 Å². The van der Waals surface area contributed by atoms with Crippen molar-refractivity contribution in [2.45, 2.75) is 39.1 Å². The van der Waals surface area contributed by atoms with E-state index in [-0.39, 0.29) is 29.3 Å². The summed E-state index contributed by atoms with van der Waals surface area (Å²) in [6, 6.07) is 4.76. The lowest BCUT2D eigenvalue weighted by Crippen LogP contribution is -2.23. The van der Waals surface area contributed by atoms with Gasteiger partial charge < -0.3 is 14.8 Å². The maximum Gasteiger partial charge on any atom is 0.408 e. The number of rotatable bonds is 5. The Kier molecular flexibility index (Phi) is 5.08. The zero-order valence-corrected chi connectivity index (χ0v) is 14.5. The highest BCUT2D eigenvalue weighted by atomic mass is 19.4. The number of halogens is 3. The van der Waals surface area contributed by atoms with Crippen molar-refractivity contribution in [3.8, 4) is 5.75 Å². The van der Waals surface area contributed by atoms with Crippen LogP contribution in [0.25, 0.3) is 10.9 Å². The molecule has 1 aliphatic heterocycles. The molecule has 1 N–H and O–H groups in total. The smallest absolute Gasteiger partial charge is 0.408 e. The molecule has 1 aromatic carbocycles. The molecule has 1 aromatic heterocycles. The van der Waals surface area contributed by atoms with Gasteiger partial charge in [0.1, 0.15) is 12.3 Å². The fraction of sp³-hybridized carbons (Fsp3) is 0.529. The molecular formula is C17H20F3N3O3. The Hall–Kier alpha value is -2.29. The van der Waals surface area contributed by atoms with Crippen LogP contribution in [0.15, 0.2) is 18.2 Å². The van der Waals surface area contributed by atoms with E-state index in [1.807, 2.05) is 13.8 Å². The van der Waals surface area contributed by atoms with Gasteiger partial charge in [-0.25, -0.2) is 0 Å². The molecule has 1 atom stereocenters. The number of aromatic nitrogens is 2. The standard InChI is InChI=1S/C17H20F3N3O3/c1-10(2)26-12-3-4-13-14(7-12)23(9-17(18,19)20)22-15(13)21-16(24)11-5-6-25-8-11/h3-4,7,10-11H,5-6,8-9H2,1-2H3,(H,21,22,24)/t11-/m0/s1. The first-order chi connectivity index (χ1) is 12.2. The van der Waals surface area contributed by atoms with Crippen LogP contribution in [-0.4, -0.2) is 41.2 Å². The van der Waals surface area contributed by atoms with Crippen LogP contribution in [-0.2, 0) is 16.1 Å². The SMILES string of the molecule is CC(C)Oc1ccc2c(NC(=O)[C@H]3CCOC3)nn(CC(F)(F)F)c2c1. The molecule has 0 aliphatic carbocycles. The Labute approximate surface area is 148 Å². The van der Waals surface area contributed by atoms with Crippen LogP contribution in [0.3, 0.4) is 0 Å². The summed E-state index contributed by atoms with van der Waals surface area (Å²) in [5.41, 5.74) is 0.249. The molecule has 1 amide bonds. The minimum atomic E-state index is -4.44. The van der Waals surface area contributed by atoms with Crippen molar-refractivity contribution in [3.05, 3.63) is 18.2 Å². The maximum atomic E-state index is 12.9. The maximum absolute atomic E-state index is 12.9. The highest BCUT2D eigenvalue weighted by molar-refractivity contribution is 6.01. The van der Waals surface area contributed by atoms with Gasteiger partial charge in [-0.2, -0.15) is 18.3 Å². The number of carbonyl (C=O) groups excluding carboxylic acids is 1. The van der Waals surface area contributed by atoms with Crippen molar-refractivity contribution in [2.75, 3.05) is 18.5 Å². The Bertz CT molecular complexity index is 796. The van der Waals surface area contributed by atoms with Gasteiger partial charge >= 0.3 is 6.18 Å². The normalized spacial score (nSPS) is 17.8. The van der Waals surface area contributed by atoms with Crippen LogP contribution in [0.5, 0.6) is 5.75 Å². The number of carbonyl (C=O) groups is 1. The van der Waals surface area contributed by atoms with E-state index >= 15 is 0 Å². The Balaban J connectivity index is 1.95. The molecule has 3 rings (SSSR count). The number of amides is 1. The number of benzene rings is 1. The number of nitrogens with zero attached hydrogens (tertiary/aromatic N) is 2. The largest absolute Gasteiger partial charge is 0.491 e. The van der Waals surface area contributed by atoms with Gasteiger partial charge in [0.2, 0.25) is 5.91 Å². The molecule has 142 valence electrons. The number of anilines is 1. The molecule has 1 fully saturated rings. The lowest BCUT2D eigenvalue weighted by molar-refractivity contribution is -0.141. The predicted octanol–water partition coefficient (Wildman–Crippen LogP) is 3.36. The van der Waals surface area contributed by atoms with Crippen LogP contribution < -0.4 is 10.1 Å². The average Bonchev–Trinajstić information content (AvgIpc) is 3.15.